The molecule has 3 nitrogen and oxygen atoms in total. The Morgan fingerprint density at radius 2 is 2.05 bits per heavy atom. The predicted octanol–water partition coefficient (Wildman–Crippen LogP) is 2.59. The average molecular weight is 259 g/mol. The number of carboxylic acid groups (broad SMARTS) is 1. The van der Waals surface area contributed by atoms with Crippen LogP contribution in [0.15, 0.2) is 30.3 Å². The van der Waals surface area contributed by atoms with Crippen molar-refractivity contribution in [3.05, 3.63) is 35.9 Å². The van der Waals surface area contributed by atoms with Gasteiger partial charge < -0.3 is 5.11 Å². The van der Waals surface area contributed by atoms with Gasteiger partial charge in [0.15, 0.2) is 0 Å². The van der Waals surface area contributed by atoms with Crippen LogP contribution in [0, 0.1) is 11.8 Å². The summed E-state index contributed by atoms with van der Waals surface area (Å²) in [5, 5.41) is 9.16. The highest BCUT2D eigenvalue weighted by molar-refractivity contribution is 5.70. The fourth-order valence-corrected chi connectivity index (χ4v) is 3.49. The second-order valence-corrected chi connectivity index (χ2v) is 6.03. The van der Waals surface area contributed by atoms with Crippen molar-refractivity contribution < 1.29 is 9.90 Å². The van der Waals surface area contributed by atoms with Gasteiger partial charge in [-0.05, 0) is 30.9 Å². The monoisotopic (exact) mass is 259 g/mol. The molecule has 1 aromatic rings. The quantitative estimate of drug-likeness (QED) is 0.907. The average Bonchev–Trinajstić information content (AvgIpc) is 3.19. The Morgan fingerprint density at radius 3 is 2.68 bits per heavy atom. The number of aliphatic carboxylic acids is 1. The van der Waals surface area contributed by atoms with Gasteiger partial charge in [-0.2, -0.15) is 0 Å². The third kappa shape index (κ3) is 2.52. The van der Waals surface area contributed by atoms with E-state index in [1.807, 2.05) is 0 Å². The van der Waals surface area contributed by atoms with Crippen LogP contribution in [0.2, 0.25) is 0 Å². The zero-order chi connectivity index (χ0) is 13.4. The Bertz CT molecular complexity index is 459. The molecule has 1 saturated heterocycles. The fourth-order valence-electron chi connectivity index (χ4n) is 3.49. The van der Waals surface area contributed by atoms with Crippen LogP contribution in [0.5, 0.6) is 0 Å². The highest BCUT2D eigenvalue weighted by Crippen LogP contribution is 2.46. The van der Waals surface area contributed by atoms with Crippen molar-refractivity contribution in [2.45, 2.75) is 31.7 Å². The zero-order valence-corrected chi connectivity index (χ0v) is 11.3. The van der Waals surface area contributed by atoms with E-state index in [1.54, 1.807) is 0 Å². The molecule has 19 heavy (non-hydrogen) atoms. The molecular weight excluding hydrogens is 238 g/mol. The summed E-state index contributed by atoms with van der Waals surface area (Å²) < 4.78 is 0. The van der Waals surface area contributed by atoms with Gasteiger partial charge >= 0.3 is 5.97 Å². The molecule has 2 fully saturated rings. The maximum Gasteiger partial charge on any atom is 0.306 e. The molecule has 1 aromatic carbocycles. The largest absolute Gasteiger partial charge is 0.481 e. The van der Waals surface area contributed by atoms with Crippen molar-refractivity contribution in [2.24, 2.45) is 11.8 Å². The topological polar surface area (TPSA) is 40.5 Å². The number of nitrogens with zero attached hydrogens (tertiary/aromatic N) is 1. The summed E-state index contributed by atoms with van der Waals surface area (Å²) in [6.45, 7) is 3.95. The maximum atomic E-state index is 11.1. The highest BCUT2D eigenvalue weighted by atomic mass is 16.4. The van der Waals surface area contributed by atoms with Crippen molar-refractivity contribution in [3.8, 4) is 0 Å². The Balaban J connectivity index is 1.60. The molecule has 0 radical (unpaired) electrons. The third-order valence-corrected chi connectivity index (χ3v) is 4.71. The van der Waals surface area contributed by atoms with Crippen molar-refractivity contribution in [1.82, 2.24) is 4.90 Å². The van der Waals surface area contributed by atoms with Gasteiger partial charge in [-0.15, -0.1) is 0 Å². The second kappa shape index (κ2) is 4.97. The van der Waals surface area contributed by atoms with Gasteiger partial charge in [-0.3, -0.25) is 9.69 Å². The first-order chi connectivity index (χ1) is 9.16. The fraction of sp³-hybridized carbons (Fsp3) is 0.562. The van der Waals surface area contributed by atoms with Gasteiger partial charge in [0.05, 0.1) is 5.92 Å². The van der Waals surface area contributed by atoms with Crippen LogP contribution in [0.25, 0.3) is 0 Å². The molecule has 0 amide bonds. The lowest BCUT2D eigenvalue weighted by Gasteiger charge is -2.35. The van der Waals surface area contributed by atoms with Gasteiger partial charge in [-0.25, -0.2) is 0 Å². The molecule has 1 aliphatic carbocycles. The summed E-state index contributed by atoms with van der Waals surface area (Å²) in [6, 6.07) is 11.3. The third-order valence-electron chi connectivity index (χ3n) is 4.71. The minimum absolute atomic E-state index is 0.148. The van der Waals surface area contributed by atoms with E-state index in [-0.39, 0.29) is 11.8 Å². The minimum Gasteiger partial charge on any atom is -0.481 e. The second-order valence-electron chi connectivity index (χ2n) is 6.03. The van der Waals surface area contributed by atoms with Crippen molar-refractivity contribution in [3.63, 3.8) is 0 Å². The van der Waals surface area contributed by atoms with Gasteiger partial charge in [0.1, 0.15) is 0 Å². The lowest BCUT2D eigenvalue weighted by atomic mass is 9.87. The van der Waals surface area contributed by atoms with Crippen LogP contribution in [0.4, 0.5) is 0 Å². The van der Waals surface area contributed by atoms with E-state index >= 15 is 0 Å². The first kappa shape index (κ1) is 12.7. The van der Waals surface area contributed by atoms with E-state index in [4.69, 9.17) is 5.11 Å². The van der Waals surface area contributed by atoms with Crippen molar-refractivity contribution in [1.29, 1.82) is 0 Å². The smallest absolute Gasteiger partial charge is 0.306 e. The van der Waals surface area contributed by atoms with Gasteiger partial charge in [-0.1, -0.05) is 37.3 Å². The van der Waals surface area contributed by atoms with Crippen LogP contribution in [0.1, 0.15) is 31.2 Å². The number of likely N-dealkylation sites (tertiary alicyclic amines) is 1. The summed E-state index contributed by atoms with van der Waals surface area (Å²) in [5.74, 6) is 0.158. The van der Waals surface area contributed by atoms with Crippen molar-refractivity contribution >= 4 is 5.97 Å². The molecule has 3 heteroatoms. The molecule has 1 N–H and O–H groups in total. The highest BCUT2D eigenvalue weighted by Gasteiger charge is 2.45. The lowest BCUT2D eigenvalue weighted by Crippen LogP contribution is -2.43. The normalized spacial score (nSPS) is 35.0. The van der Waals surface area contributed by atoms with Crippen LogP contribution >= 0.6 is 0 Å². The first-order valence-electron chi connectivity index (χ1n) is 7.18. The lowest BCUT2D eigenvalue weighted by molar-refractivity contribution is -0.145. The Morgan fingerprint density at radius 1 is 1.32 bits per heavy atom. The maximum absolute atomic E-state index is 11.1. The summed E-state index contributed by atoms with van der Waals surface area (Å²) in [5.41, 5.74) is 1.43. The van der Waals surface area contributed by atoms with E-state index in [2.05, 4.69) is 42.2 Å². The molecule has 0 aromatic heterocycles. The summed E-state index contributed by atoms with van der Waals surface area (Å²) in [6.07, 6.45) is 2.03. The SMILES string of the molecule is C[C@@H]1CN([C@@H]2C[C@@H]2c2ccccc2)CC[C@@H]1C(=O)O. The zero-order valence-electron chi connectivity index (χ0n) is 11.3. The number of rotatable bonds is 3. The number of benzene rings is 1. The Labute approximate surface area is 114 Å². The number of carbonyl (C=O) groups is 1. The molecule has 3 rings (SSSR count). The summed E-state index contributed by atoms with van der Waals surface area (Å²) in [7, 11) is 0. The minimum atomic E-state index is -0.623. The van der Waals surface area contributed by atoms with Gasteiger partial charge in [0, 0.05) is 18.5 Å². The molecular formula is C16H21NO2. The molecule has 0 unspecified atom stereocenters. The Hall–Kier alpha value is -1.35. The summed E-state index contributed by atoms with van der Waals surface area (Å²) in [4.78, 5) is 13.6. The van der Waals surface area contributed by atoms with Crippen LogP contribution in [-0.4, -0.2) is 35.1 Å². The molecule has 102 valence electrons. The predicted molar refractivity (Wildman–Crippen MR) is 74.1 cm³/mol. The standard InChI is InChI=1S/C16H21NO2/c1-11-10-17(8-7-13(11)16(18)19)15-9-14(15)12-5-3-2-4-6-12/h2-6,11,13-15H,7-10H2,1H3,(H,18,19)/t11-,13+,14-,15-/m1/s1. The van der Waals surface area contributed by atoms with Crippen LogP contribution in [-0.2, 0) is 4.79 Å². The molecule has 1 saturated carbocycles. The number of carboxylic acids is 1. The van der Waals surface area contributed by atoms with Crippen LogP contribution < -0.4 is 0 Å². The van der Waals surface area contributed by atoms with Crippen LogP contribution in [0.3, 0.4) is 0 Å². The van der Waals surface area contributed by atoms with E-state index < -0.39 is 5.97 Å². The molecule has 4 atom stereocenters. The number of hydrogen-bond donors (Lipinski definition) is 1. The molecule has 2 aliphatic rings. The molecule has 1 aliphatic heterocycles. The Kier molecular flexibility index (Phi) is 3.31. The number of piperidine rings is 1. The van der Waals surface area contributed by atoms with E-state index in [0.29, 0.717) is 12.0 Å². The summed E-state index contributed by atoms with van der Waals surface area (Å²) >= 11 is 0. The van der Waals surface area contributed by atoms with Gasteiger partial charge in [0.25, 0.3) is 0 Å². The number of hydrogen-bond acceptors (Lipinski definition) is 2. The van der Waals surface area contributed by atoms with Gasteiger partial charge in [0.2, 0.25) is 0 Å². The molecule has 0 bridgehead atoms. The van der Waals surface area contributed by atoms with E-state index in [9.17, 15) is 4.79 Å². The first-order valence-corrected chi connectivity index (χ1v) is 7.18. The van der Waals surface area contributed by atoms with E-state index in [1.165, 1.54) is 12.0 Å². The van der Waals surface area contributed by atoms with Crippen molar-refractivity contribution in [2.75, 3.05) is 13.1 Å². The molecule has 1 heterocycles. The molecule has 0 spiro atoms. The van der Waals surface area contributed by atoms with E-state index in [0.717, 1.165) is 19.5 Å².